The Kier molecular flexibility index (Phi) is 1.96. The van der Waals surface area contributed by atoms with E-state index in [1.54, 1.807) is 11.1 Å². The molecule has 2 N–H and O–H groups in total. The number of nitrogens with one attached hydrogen (secondary N) is 1. The Bertz CT molecular complexity index is 186. The van der Waals surface area contributed by atoms with Crippen LogP contribution in [-0.2, 0) is 0 Å². The lowest BCUT2D eigenvalue weighted by atomic mass is 9.86. The third kappa shape index (κ3) is 1.33. The molecule has 0 saturated heterocycles. The van der Waals surface area contributed by atoms with Crippen molar-refractivity contribution in [2.75, 3.05) is 19.7 Å². The van der Waals surface area contributed by atoms with Crippen molar-refractivity contribution in [1.29, 1.82) is 0 Å². The molecule has 0 bridgehead atoms. The summed E-state index contributed by atoms with van der Waals surface area (Å²) in [4.78, 5) is 0. The maximum absolute atomic E-state index is 8.97. The summed E-state index contributed by atoms with van der Waals surface area (Å²) in [5, 5.41) is 12.3. The Morgan fingerprint density at radius 3 is 3.00 bits per heavy atom. The molecular weight excluding hydrogens is 138 g/mol. The normalized spacial score (nSPS) is 30.8. The van der Waals surface area contributed by atoms with Crippen molar-refractivity contribution < 1.29 is 5.11 Å². The first-order valence-corrected chi connectivity index (χ1v) is 4.41. The largest absolute Gasteiger partial charge is 0.396 e. The monoisotopic (exact) mass is 153 g/mol. The summed E-state index contributed by atoms with van der Waals surface area (Å²) in [6.45, 7) is 2.55. The van der Waals surface area contributed by atoms with Gasteiger partial charge in [0.15, 0.2) is 0 Å². The summed E-state index contributed by atoms with van der Waals surface area (Å²) < 4.78 is 0. The summed E-state index contributed by atoms with van der Waals surface area (Å²) >= 11 is 0. The van der Waals surface area contributed by atoms with Gasteiger partial charge in [-0.05, 0) is 25.2 Å². The Hall–Kier alpha value is -0.340. The topological polar surface area (TPSA) is 32.3 Å². The van der Waals surface area contributed by atoms with Gasteiger partial charge in [0.1, 0.15) is 0 Å². The van der Waals surface area contributed by atoms with E-state index in [0.717, 1.165) is 19.5 Å². The maximum Gasteiger partial charge on any atom is 0.0462 e. The fourth-order valence-electron chi connectivity index (χ4n) is 2.08. The minimum absolute atomic E-state index is 0.372. The van der Waals surface area contributed by atoms with Gasteiger partial charge in [-0.25, -0.2) is 0 Å². The summed E-state index contributed by atoms with van der Waals surface area (Å²) in [6.07, 6.45) is 3.55. The molecule has 1 unspecified atom stereocenters. The second-order valence-electron chi connectivity index (χ2n) is 3.60. The zero-order valence-corrected chi connectivity index (χ0v) is 6.77. The van der Waals surface area contributed by atoms with Crippen LogP contribution in [0.1, 0.15) is 19.3 Å². The highest BCUT2D eigenvalue weighted by Gasteiger charge is 2.22. The van der Waals surface area contributed by atoms with E-state index in [0.29, 0.717) is 12.5 Å². The van der Waals surface area contributed by atoms with E-state index >= 15 is 0 Å². The van der Waals surface area contributed by atoms with Crippen molar-refractivity contribution in [1.82, 2.24) is 5.32 Å². The molecule has 0 aromatic heterocycles. The van der Waals surface area contributed by atoms with Crippen molar-refractivity contribution in [3.63, 3.8) is 0 Å². The molecule has 0 radical (unpaired) electrons. The zero-order chi connectivity index (χ0) is 7.68. The lowest BCUT2D eigenvalue weighted by Gasteiger charge is -2.21. The van der Waals surface area contributed by atoms with Crippen LogP contribution in [0.15, 0.2) is 11.1 Å². The van der Waals surface area contributed by atoms with Crippen LogP contribution >= 0.6 is 0 Å². The SMILES string of the molecule is OCC1CCC2=C(CNC2)C1. The highest BCUT2D eigenvalue weighted by molar-refractivity contribution is 5.25. The van der Waals surface area contributed by atoms with Crippen molar-refractivity contribution in [2.45, 2.75) is 19.3 Å². The van der Waals surface area contributed by atoms with Crippen LogP contribution in [0.2, 0.25) is 0 Å². The van der Waals surface area contributed by atoms with E-state index in [-0.39, 0.29) is 0 Å². The molecule has 62 valence electrons. The van der Waals surface area contributed by atoms with Crippen molar-refractivity contribution in [3.8, 4) is 0 Å². The van der Waals surface area contributed by atoms with Crippen molar-refractivity contribution in [2.24, 2.45) is 5.92 Å². The molecule has 2 rings (SSSR count). The Balaban J connectivity index is 2.05. The summed E-state index contributed by atoms with van der Waals surface area (Å²) in [6, 6.07) is 0. The molecule has 0 fully saturated rings. The predicted octanol–water partition coefficient (Wildman–Crippen LogP) is 0.679. The van der Waals surface area contributed by atoms with Crippen molar-refractivity contribution >= 4 is 0 Å². The Morgan fingerprint density at radius 1 is 1.36 bits per heavy atom. The molecular formula is C9H15NO. The van der Waals surface area contributed by atoms with Crippen LogP contribution in [0, 0.1) is 5.92 Å². The first-order chi connectivity index (χ1) is 5.40. The highest BCUT2D eigenvalue weighted by atomic mass is 16.3. The lowest BCUT2D eigenvalue weighted by Crippen LogP contribution is -2.13. The molecule has 0 spiro atoms. The number of hydrogen-bond acceptors (Lipinski definition) is 2. The molecule has 1 heterocycles. The van der Waals surface area contributed by atoms with Gasteiger partial charge in [-0.1, -0.05) is 11.1 Å². The molecule has 1 aliphatic heterocycles. The van der Waals surface area contributed by atoms with Gasteiger partial charge in [0, 0.05) is 19.7 Å². The van der Waals surface area contributed by atoms with Gasteiger partial charge >= 0.3 is 0 Å². The zero-order valence-electron chi connectivity index (χ0n) is 6.77. The summed E-state index contributed by atoms with van der Waals surface area (Å²) in [5.74, 6) is 0.550. The van der Waals surface area contributed by atoms with Gasteiger partial charge in [-0.2, -0.15) is 0 Å². The second kappa shape index (κ2) is 2.95. The van der Waals surface area contributed by atoms with Gasteiger partial charge in [0.2, 0.25) is 0 Å². The standard InChI is InChI=1S/C9H15NO/c11-6-7-1-2-8-4-10-5-9(8)3-7/h7,10-11H,1-6H2. The molecule has 2 nitrogen and oxygen atoms in total. The van der Waals surface area contributed by atoms with Gasteiger partial charge in [0.25, 0.3) is 0 Å². The van der Waals surface area contributed by atoms with Crippen molar-refractivity contribution in [3.05, 3.63) is 11.1 Å². The third-order valence-electron chi connectivity index (χ3n) is 2.82. The van der Waals surface area contributed by atoms with E-state index in [2.05, 4.69) is 5.32 Å². The fraction of sp³-hybridized carbons (Fsp3) is 0.778. The average Bonchev–Trinajstić information content (AvgIpc) is 2.50. The molecule has 0 amide bonds. The average molecular weight is 153 g/mol. The lowest BCUT2D eigenvalue weighted by molar-refractivity contribution is 0.213. The molecule has 2 aliphatic rings. The summed E-state index contributed by atoms with van der Waals surface area (Å²) in [7, 11) is 0. The molecule has 0 aromatic carbocycles. The Labute approximate surface area is 67.3 Å². The Morgan fingerprint density at radius 2 is 2.18 bits per heavy atom. The van der Waals surface area contributed by atoms with Crippen LogP contribution in [-0.4, -0.2) is 24.8 Å². The van der Waals surface area contributed by atoms with Crippen LogP contribution in [0.5, 0.6) is 0 Å². The minimum atomic E-state index is 0.372. The smallest absolute Gasteiger partial charge is 0.0462 e. The van der Waals surface area contributed by atoms with E-state index in [1.165, 1.54) is 12.8 Å². The van der Waals surface area contributed by atoms with E-state index in [9.17, 15) is 0 Å². The van der Waals surface area contributed by atoms with Gasteiger partial charge in [-0.3, -0.25) is 0 Å². The minimum Gasteiger partial charge on any atom is -0.396 e. The first kappa shape index (κ1) is 7.32. The van der Waals surface area contributed by atoms with Crippen LogP contribution in [0.4, 0.5) is 0 Å². The van der Waals surface area contributed by atoms with Crippen LogP contribution in [0.3, 0.4) is 0 Å². The highest BCUT2D eigenvalue weighted by Crippen LogP contribution is 2.30. The molecule has 11 heavy (non-hydrogen) atoms. The summed E-state index contributed by atoms with van der Waals surface area (Å²) in [5.41, 5.74) is 3.20. The third-order valence-corrected chi connectivity index (χ3v) is 2.82. The van der Waals surface area contributed by atoms with Crippen LogP contribution < -0.4 is 5.32 Å². The van der Waals surface area contributed by atoms with E-state index in [1.807, 2.05) is 0 Å². The second-order valence-corrected chi connectivity index (χ2v) is 3.60. The predicted molar refractivity (Wildman–Crippen MR) is 44.3 cm³/mol. The van der Waals surface area contributed by atoms with Crippen LogP contribution in [0.25, 0.3) is 0 Å². The molecule has 2 heteroatoms. The van der Waals surface area contributed by atoms with E-state index < -0.39 is 0 Å². The van der Waals surface area contributed by atoms with E-state index in [4.69, 9.17) is 5.11 Å². The number of aliphatic hydroxyl groups is 1. The molecule has 1 aliphatic carbocycles. The molecule has 0 aromatic rings. The van der Waals surface area contributed by atoms with Gasteiger partial charge in [0.05, 0.1) is 0 Å². The van der Waals surface area contributed by atoms with Gasteiger partial charge in [-0.15, -0.1) is 0 Å². The number of hydrogen-bond donors (Lipinski definition) is 2. The fourth-order valence-corrected chi connectivity index (χ4v) is 2.08. The maximum atomic E-state index is 8.97. The quantitative estimate of drug-likeness (QED) is 0.543. The number of rotatable bonds is 1. The number of aliphatic hydroxyl groups excluding tert-OH is 1. The molecule has 1 atom stereocenters. The van der Waals surface area contributed by atoms with Gasteiger partial charge < -0.3 is 10.4 Å². The molecule has 0 saturated carbocycles. The first-order valence-electron chi connectivity index (χ1n) is 4.41.